The van der Waals surface area contributed by atoms with Gasteiger partial charge in [-0.3, -0.25) is 4.79 Å². The highest BCUT2D eigenvalue weighted by molar-refractivity contribution is 6.31. The molecule has 0 aromatic carbocycles. The fourth-order valence-electron chi connectivity index (χ4n) is 2.23. The van der Waals surface area contributed by atoms with Crippen molar-refractivity contribution in [3.05, 3.63) is 72.4 Å². The molecule has 28 heavy (non-hydrogen) atoms. The summed E-state index contributed by atoms with van der Waals surface area (Å²) in [6.07, 6.45) is 10.5. The van der Waals surface area contributed by atoms with Gasteiger partial charge in [-0.1, -0.05) is 61.3 Å². The van der Waals surface area contributed by atoms with Crippen LogP contribution in [0.4, 0.5) is 0 Å². The van der Waals surface area contributed by atoms with Crippen LogP contribution in [0.15, 0.2) is 72.4 Å². The zero-order valence-electron chi connectivity index (χ0n) is 16.1. The lowest BCUT2D eigenvalue weighted by molar-refractivity contribution is -0.151. The summed E-state index contributed by atoms with van der Waals surface area (Å²) in [5.41, 5.74) is 2.56. The highest BCUT2D eigenvalue weighted by Gasteiger charge is 2.23. The number of rotatable bonds is 11. The number of carboxylic acids is 2. The topological polar surface area (TPSA) is 124 Å². The maximum Gasteiger partial charge on any atom is 0.394 e. The predicted molar refractivity (Wildman–Crippen MR) is 108 cm³/mol. The molecule has 0 aromatic rings. The number of carboxylic acid groups (broad SMARTS) is 2. The molecule has 0 bridgehead atoms. The summed E-state index contributed by atoms with van der Waals surface area (Å²) in [6.45, 7) is 11.0. The first kappa shape index (κ1) is 24.8. The molecule has 7 heteroatoms. The van der Waals surface area contributed by atoms with Gasteiger partial charge in [0.15, 0.2) is 6.10 Å². The molecule has 2 unspecified atom stereocenters. The third-order valence-electron chi connectivity index (χ3n) is 3.71. The molecule has 0 radical (unpaired) electrons. The Morgan fingerprint density at radius 2 is 1.68 bits per heavy atom. The minimum atomic E-state index is -1.71. The fourth-order valence-corrected chi connectivity index (χ4v) is 2.23. The van der Waals surface area contributed by atoms with Gasteiger partial charge in [0.1, 0.15) is 0 Å². The van der Waals surface area contributed by atoms with Crippen molar-refractivity contribution in [1.29, 1.82) is 0 Å². The van der Waals surface area contributed by atoms with Gasteiger partial charge in [-0.05, 0) is 31.4 Å². The third kappa shape index (κ3) is 10.1. The summed E-state index contributed by atoms with van der Waals surface area (Å²) < 4.78 is 0. The molecule has 4 N–H and O–H groups in total. The monoisotopic (exact) mass is 389 g/mol. The largest absolute Gasteiger partial charge is 0.479 e. The van der Waals surface area contributed by atoms with E-state index in [9.17, 15) is 19.5 Å². The predicted octanol–water partition coefficient (Wildman–Crippen LogP) is 2.53. The standard InChI is InChI=1S/C21H27NO6/c1-5-7-8-9-15(4)16(6-2)11-10-14(3)12-17(13-18(23)20(25)26)22-19(24)21(27)28/h5-11,17-18,23H,1-2,12-13H2,3-4H3,(H,22,24)(H,25,26)(H,27,28)/b8-7-,14-10+,15-9+,16-11+. The average molecular weight is 389 g/mol. The van der Waals surface area contributed by atoms with Crippen molar-refractivity contribution >= 4 is 17.8 Å². The van der Waals surface area contributed by atoms with Crippen LogP contribution in [0.5, 0.6) is 0 Å². The van der Waals surface area contributed by atoms with Crippen molar-refractivity contribution in [3.8, 4) is 0 Å². The molecular formula is C21H27NO6. The molecule has 0 rings (SSSR count). The van der Waals surface area contributed by atoms with Gasteiger partial charge in [0, 0.05) is 12.5 Å². The zero-order valence-corrected chi connectivity index (χ0v) is 16.1. The second-order valence-electron chi connectivity index (χ2n) is 6.08. The van der Waals surface area contributed by atoms with Gasteiger partial charge >= 0.3 is 17.8 Å². The number of aliphatic hydroxyl groups is 1. The first-order valence-corrected chi connectivity index (χ1v) is 8.53. The minimum absolute atomic E-state index is 0.170. The summed E-state index contributed by atoms with van der Waals surface area (Å²) in [7, 11) is 0. The maximum absolute atomic E-state index is 11.4. The number of carbonyl (C=O) groups is 3. The normalized spacial score (nSPS) is 15.0. The number of aliphatic carboxylic acids is 2. The summed E-state index contributed by atoms with van der Waals surface area (Å²) in [6, 6.07) is -0.848. The Labute approximate surface area is 164 Å². The SMILES string of the molecule is C=C\C=C/C=C(C)/C(C=C)=C/C=C(\C)CC(CC(O)C(=O)O)NC(=O)C(=O)O. The molecule has 2 atom stereocenters. The quantitative estimate of drug-likeness (QED) is 0.318. The van der Waals surface area contributed by atoms with Gasteiger partial charge in [0.2, 0.25) is 0 Å². The Balaban J connectivity index is 5.39. The molecular weight excluding hydrogens is 362 g/mol. The number of amides is 1. The van der Waals surface area contributed by atoms with E-state index in [-0.39, 0.29) is 12.8 Å². The van der Waals surface area contributed by atoms with E-state index in [0.29, 0.717) is 0 Å². The molecule has 0 aliphatic carbocycles. The molecule has 0 heterocycles. The maximum atomic E-state index is 11.4. The van der Waals surface area contributed by atoms with Crippen LogP contribution in [0.3, 0.4) is 0 Å². The van der Waals surface area contributed by atoms with Crippen LogP contribution in [-0.4, -0.2) is 45.3 Å². The Kier molecular flexibility index (Phi) is 11.6. The van der Waals surface area contributed by atoms with Crippen molar-refractivity contribution < 1.29 is 29.7 Å². The minimum Gasteiger partial charge on any atom is -0.479 e. The number of nitrogens with one attached hydrogen (secondary N) is 1. The lowest BCUT2D eigenvalue weighted by Crippen LogP contribution is -2.42. The number of allylic oxidation sites excluding steroid dienone is 9. The van der Waals surface area contributed by atoms with E-state index in [4.69, 9.17) is 10.2 Å². The van der Waals surface area contributed by atoms with Crippen LogP contribution in [-0.2, 0) is 14.4 Å². The Morgan fingerprint density at radius 1 is 1.04 bits per heavy atom. The highest BCUT2D eigenvalue weighted by Crippen LogP contribution is 2.15. The van der Waals surface area contributed by atoms with Crippen molar-refractivity contribution in [2.45, 2.75) is 38.8 Å². The van der Waals surface area contributed by atoms with Gasteiger partial charge < -0.3 is 20.6 Å². The van der Waals surface area contributed by atoms with Crippen LogP contribution >= 0.6 is 0 Å². The number of hydrogen-bond donors (Lipinski definition) is 4. The van der Waals surface area contributed by atoms with Gasteiger partial charge in [0.25, 0.3) is 0 Å². The molecule has 0 saturated heterocycles. The van der Waals surface area contributed by atoms with Gasteiger partial charge in [-0.25, -0.2) is 9.59 Å². The van der Waals surface area contributed by atoms with Gasteiger partial charge in [0.05, 0.1) is 0 Å². The third-order valence-corrected chi connectivity index (χ3v) is 3.71. The lowest BCUT2D eigenvalue weighted by atomic mass is 9.99. The number of aliphatic hydroxyl groups excluding tert-OH is 1. The molecule has 0 fully saturated rings. The smallest absolute Gasteiger partial charge is 0.394 e. The van der Waals surface area contributed by atoms with E-state index >= 15 is 0 Å². The average Bonchev–Trinajstić information content (AvgIpc) is 2.61. The number of hydrogen-bond acceptors (Lipinski definition) is 4. The first-order valence-electron chi connectivity index (χ1n) is 8.53. The zero-order chi connectivity index (χ0) is 21.7. The van der Waals surface area contributed by atoms with Crippen molar-refractivity contribution in [2.24, 2.45) is 0 Å². The molecule has 0 spiro atoms. The molecule has 0 saturated carbocycles. The summed E-state index contributed by atoms with van der Waals surface area (Å²) in [5, 5.41) is 29.3. The van der Waals surface area contributed by atoms with Crippen LogP contribution in [0.2, 0.25) is 0 Å². The molecule has 0 aliphatic heterocycles. The van der Waals surface area contributed by atoms with Crippen LogP contribution in [0.25, 0.3) is 0 Å². The second-order valence-corrected chi connectivity index (χ2v) is 6.08. The van der Waals surface area contributed by atoms with E-state index in [0.717, 1.165) is 16.7 Å². The fraction of sp³-hybridized carbons (Fsp3) is 0.286. The van der Waals surface area contributed by atoms with Crippen molar-refractivity contribution in [3.63, 3.8) is 0 Å². The van der Waals surface area contributed by atoms with E-state index in [2.05, 4.69) is 18.5 Å². The van der Waals surface area contributed by atoms with Crippen molar-refractivity contribution in [2.75, 3.05) is 0 Å². The Hall–Kier alpha value is -3.19. The first-order chi connectivity index (χ1) is 13.1. The summed E-state index contributed by atoms with van der Waals surface area (Å²) in [4.78, 5) is 33.0. The van der Waals surface area contributed by atoms with E-state index in [1.54, 1.807) is 37.3 Å². The molecule has 7 nitrogen and oxygen atoms in total. The van der Waals surface area contributed by atoms with Crippen LogP contribution in [0.1, 0.15) is 26.7 Å². The molecule has 1 amide bonds. The van der Waals surface area contributed by atoms with Crippen LogP contribution in [0, 0.1) is 0 Å². The van der Waals surface area contributed by atoms with Crippen molar-refractivity contribution in [1.82, 2.24) is 5.32 Å². The van der Waals surface area contributed by atoms with E-state index < -0.39 is 30.0 Å². The van der Waals surface area contributed by atoms with Gasteiger partial charge in [-0.15, -0.1) is 0 Å². The van der Waals surface area contributed by atoms with Crippen LogP contribution < -0.4 is 5.32 Å². The summed E-state index contributed by atoms with van der Waals surface area (Å²) >= 11 is 0. The van der Waals surface area contributed by atoms with E-state index in [1.165, 1.54) is 0 Å². The summed E-state index contributed by atoms with van der Waals surface area (Å²) in [5.74, 6) is -4.39. The molecule has 152 valence electrons. The Bertz CT molecular complexity index is 727. The molecule has 0 aliphatic rings. The second kappa shape index (κ2) is 13.1. The van der Waals surface area contributed by atoms with E-state index in [1.807, 2.05) is 19.1 Å². The number of carbonyl (C=O) groups excluding carboxylic acids is 1. The van der Waals surface area contributed by atoms with Gasteiger partial charge in [-0.2, -0.15) is 0 Å². The molecule has 0 aromatic heterocycles. The highest BCUT2D eigenvalue weighted by atomic mass is 16.4. The lowest BCUT2D eigenvalue weighted by Gasteiger charge is -2.19. The Morgan fingerprint density at radius 3 is 2.18 bits per heavy atom.